The summed E-state index contributed by atoms with van der Waals surface area (Å²) in [5.41, 5.74) is 7.92. The van der Waals surface area contributed by atoms with E-state index in [1.165, 1.54) is 53.1 Å². The summed E-state index contributed by atoms with van der Waals surface area (Å²) in [6, 6.07) is 49.7. The topological polar surface area (TPSA) is 43.6 Å². The molecule has 5 heteroatoms. The first kappa shape index (κ1) is 28.8. The van der Waals surface area contributed by atoms with Crippen LogP contribution in [0.25, 0.3) is 87.3 Å². The van der Waals surface area contributed by atoms with Crippen LogP contribution in [-0.4, -0.2) is 19.5 Å². The van der Waals surface area contributed by atoms with Crippen molar-refractivity contribution in [2.45, 2.75) is 12.5 Å². The van der Waals surface area contributed by atoms with Crippen molar-refractivity contribution in [2.24, 2.45) is 0 Å². The van der Waals surface area contributed by atoms with Crippen molar-refractivity contribution >= 4 is 53.3 Å². The maximum atomic E-state index is 5.05. The van der Waals surface area contributed by atoms with Crippen molar-refractivity contribution in [3.8, 4) is 45.3 Å². The molecule has 236 valence electrons. The summed E-state index contributed by atoms with van der Waals surface area (Å²) in [4.78, 5) is 15.0. The monoisotopic (exact) mass is 658 g/mol. The van der Waals surface area contributed by atoms with E-state index < -0.39 is 0 Å². The Labute approximate surface area is 293 Å². The molecule has 50 heavy (non-hydrogen) atoms. The first-order chi connectivity index (χ1) is 24.8. The lowest BCUT2D eigenvalue weighted by atomic mass is 10.00. The van der Waals surface area contributed by atoms with Gasteiger partial charge >= 0.3 is 0 Å². The van der Waals surface area contributed by atoms with E-state index in [2.05, 4.69) is 132 Å². The standard InChI is InChI=1S/C45H30N4S/c1-4-13-29(14-5-1)43-46-44(30-15-6-2-7-16-30)48-45(47-43)36-21-12-20-35-38-28-32(24-26-41(38)50-42(35)36)31-23-25-40-37(27-31)34-19-10-11-22-39(34)49(40)33-17-8-3-9-18-33/h1-17,19-28,33H,18H2. The highest BCUT2D eigenvalue weighted by Gasteiger charge is 2.19. The zero-order valence-electron chi connectivity index (χ0n) is 27.1. The van der Waals surface area contributed by atoms with Gasteiger partial charge in [-0.25, -0.2) is 15.0 Å². The summed E-state index contributed by atoms with van der Waals surface area (Å²) < 4.78 is 4.92. The molecule has 0 saturated carbocycles. The van der Waals surface area contributed by atoms with Crippen LogP contribution >= 0.6 is 11.3 Å². The third kappa shape index (κ3) is 4.78. The number of rotatable bonds is 5. The van der Waals surface area contributed by atoms with Crippen molar-refractivity contribution in [2.75, 3.05) is 0 Å². The zero-order valence-corrected chi connectivity index (χ0v) is 27.9. The van der Waals surface area contributed by atoms with E-state index in [1.54, 1.807) is 11.3 Å². The molecule has 0 amide bonds. The van der Waals surface area contributed by atoms with Gasteiger partial charge in [-0.15, -0.1) is 11.3 Å². The third-order valence-electron chi connectivity index (χ3n) is 9.77. The number of benzene rings is 6. The van der Waals surface area contributed by atoms with Gasteiger partial charge in [0.05, 0.1) is 6.04 Å². The number of hydrogen-bond acceptors (Lipinski definition) is 4. The Hall–Kier alpha value is -6.17. The average Bonchev–Trinajstić information content (AvgIpc) is 3.74. The molecule has 0 N–H and O–H groups in total. The van der Waals surface area contributed by atoms with E-state index in [0.717, 1.165) is 23.1 Å². The fraction of sp³-hybridized carbons (Fsp3) is 0.0444. The van der Waals surface area contributed by atoms with Gasteiger partial charge in [0.1, 0.15) is 0 Å². The van der Waals surface area contributed by atoms with E-state index >= 15 is 0 Å². The molecular weight excluding hydrogens is 629 g/mol. The molecule has 0 bridgehead atoms. The summed E-state index contributed by atoms with van der Waals surface area (Å²) >= 11 is 1.80. The van der Waals surface area contributed by atoms with Crippen molar-refractivity contribution < 1.29 is 0 Å². The van der Waals surface area contributed by atoms with E-state index in [9.17, 15) is 0 Å². The molecule has 9 aromatic rings. The maximum absolute atomic E-state index is 5.05. The van der Waals surface area contributed by atoms with Crippen LogP contribution in [0.4, 0.5) is 0 Å². The normalized spacial score (nSPS) is 14.4. The minimum Gasteiger partial charge on any atom is -0.333 e. The van der Waals surface area contributed by atoms with E-state index in [-0.39, 0.29) is 0 Å². The number of fused-ring (bicyclic) bond motifs is 6. The van der Waals surface area contributed by atoms with Gasteiger partial charge in [-0.1, -0.05) is 127 Å². The van der Waals surface area contributed by atoms with Gasteiger partial charge in [0, 0.05) is 58.7 Å². The first-order valence-corrected chi connectivity index (χ1v) is 17.8. The van der Waals surface area contributed by atoms with Crippen molar-refractivity contribution in [1.29, 1.82) is 0 Å². The van der Waals surface area contributed by atoms with Gasteiger partial charge in [0.15, 0.2) is 17.5 Å². The Morgan fingerprint density at radius 2 is 1.14 bits per heavy atom. The summed E-state index contributed by atoms with van der Waals surface area (Å²) in [6.45, 7) is 0. The highest BCUT2D eigenvalue weighted by Crippen LogP contribution is 2.42. The Kier molecular flexibility index (Phi) is 6.78. The lowest BCUT2D eigenvalue weighted by Gasteiger charge is -2.18. The predicted molar refractivity (Wildman–Crippen MR) is 209 cm³/mol. The predicted octanol–water partition coefficient (Wildman–Crippen LogP) is 12.1. The molecule has 1 aliphatic rings. The minimum absolute atomic E-state index is 0.313. The third-order valence-corrected chi connectivity index (χ3v) is 11.0. The van der Waals surface area contributed by atoms with Gasteiger partial charge in [-0.05, 0) is 53.9 Å². The molecule has 0 radical (unpaired) electrons. The van der Waals surface area contributed by atoms with Gasteiger partial charge in [-0.2, -0.15) is 0 Å². The summed E-state index contributed by atoms with van der Waals surface area (Å²) in [6.07, 6.45) is 9.88. The highest BCUT2D eigenvalue weighted by atomic mass is 32.1. The van der Waals surface area contributed by atoms with Crippen LogP contribution < -0.4 is 0 Å². The number of hydrogen-bond donors (Lipinski definition) is 0. The fourth-order valence-electron chi connectivity index (χ4n) is 7.38. The Morgan fingerprint density at radius 1 is 0.500 bits per heavy atom. The molecular formula is C45H30N4S. The molecule has 0 fully saturated rings. The van der Waals surface area contributed by atoms with E-state index in [0.29, 0.717) is 23.5 Å². The van der Waals surface area contributed by atoms with Gasteiger partial charge in [-0.3, -0.25) is 0 Å². The lowest BCUT2D eigenvalue weighted by Crippen LogP contribution is -2.06. The molecule has 0 aliphatic heterocycles. The Bertz CT molecular complexity index is 2730. The molecule has 3 heterocycles. The number of aromatic nitrogens is 4. The largest absolute Gasteiger partial charge is 0.333 e. The molecule has 1 aliphatic carbocycles. The number of thiophene rings is 1. The molecule has 0 spiro atoms. The summed E-state index contributed by atoms with van der Waals surface area (Å²) in [7, 11) is 0. The van der Waals surface area contributed by atoms with Gasteiger partial charge in [0.25, 0.3) is 0 Å². The van der Waals surface area contributed by atoms with E-state index in [1.807, 2.05) is 36.4 Å². The molecule has 1 unspecified atom stereocenters. The second kappa shape index (κ2) is 11.8. The molecule has 1 atom stereocenters. The molecule has 0 saturated heterocycles. The van der Waals surface area contributed by atoms with Crippen LogP contribution in [0, 0.1) is 0 Å². The number of para-hydroxylation sites is 1. The SMILES string of the molecule is C1=CCC(n2c3ccccc3c3cc(-c4ccc5sc6c(-c7nc(-c8ccccc8)nc(-c8ccccc8)n7)cccc6c5c4)ccc32)C=C1. The van der Waals surface area contributed by atoms with Gasteiger partial charge in [0.2, 0.25) is 0 Å². The second-order valence-corrected chi connectivity index (χ2v) is 13.8. The molecule has 4 nitrogen and oxygen atoms in total. The van der Waals surface area contributed by atoms with Crippen molar-refractivity contribution in [3.05, 3.63) is 164 Å². The summed E-state index contributed by atoms with van der Waals surface area (Å²) in [5, 5.41) is 5.03. The number of allylic oxidation sites excluding steroid dienone is 4. The van der Waals surface area contributed by atoms with Crippen molar-refractivity contribution in [1.82, 2.24) is 19.5 Å². The maximum Gasteiger partial charge on any atom is 0.165 e. The Balaban J connectivity index is 1.11. The van der Waals surface area contributed by atoms with Crippen LogP contribution in [0.15, 0.2) is 164 Å². The molecule has 3 aromatic heterocycles. The van der Waals surface area contributed by atoms with Crippen LogP contribution in [0.3, 0.4) is 0 Å². The Morgan fingerprint density at radius 3 is 1.88 bits per heavy atom. The quantitative estimate of drug-likeness (QED) is 0.185. The van der Waals surface area contributed by atoms with E-state index in [4.69, 9.17) is 15.0 Å². The second-order valence-electron chi connectivity index (χ2n) is 12.8. The number of nitrogens with zero attached hydrogens (tertiary/aromatic N) is 4. The zero-order chi connectivity index (χ0) is 33.0. The van der Waals surface area contributed by atoms with Crippen LogP contribution in [-0.2, 0) is 0 Å². The van der Waals surface area contributed by atoms with Crippen LogP contribution in [0.2, 0.25) is 0 Å². The average molecular weight is 659 g/mol. The lowest BCUT2D eigenvalue weighted by molar-refractivity contribution is 0.648. The highest BCUT2D eigenvalue weighted by molar-refractivity contribution is 7.26. The van der Waals surface area contributed by atoms with Crippen LogP contribution in [0.5, 0.6) is 0 Å². The smallest absolute Gasteiger partial charge is 0.165 e. The molecule has 10 rings (SSSR count). The van der Waals surface area contributed by atoms with Gasteiger partial charge < -0.3 is 4.57 Å². The minimum atomic E-state index is 0.313. The van der Waals surface area contributed by atoms with Crippen molar-refractivity contribution in [3.63, 3.8) is 0 Å². The summed E-state index contributed by atoms with van der Waals surface area (Å²) in [5.74, 6) is 2.02. The molecule has 6 aromatic carbocycles. The van der Waals surface area contributed by atoms with Crippen LogP contribution in [0.1, 0.15) is 12.5 Å². The first-order valence-electron chi connectivity index (χ1n) is 17.0. The fourth-order valence-corrected chi connectivity index (χ4v) is 8.57.